The fourth-order valence-corrected chi connectivity index (χ4v) is 2.93. The molecule has 19 heavy (non-hydrogen) atoms. The number of nitrogens with zero attached hydrogens (tertiary/aromatic N) is 4. The van der Waals surface area contributed by atoms with E-state index in [4.69, 9.17) is 11.5 Å². The zero-order valence-electron chi connectivity index (χ0n) is 11.0. The summed E-state index contributed by atoms with van der Waals surface area (Å²) in [6.07, 6.45) is 0. The first kappa shape index (κ1) is 12.3. The van der Waals surface area contributed by atoms with Crippen LogP contribution < -0.4 is 11.5 Å². The van der Waals surface area contributed by atoms with Crippen molar-refractivity contribution in [1.82, 2.24) is 19.8 Å². The van der Waals surface area contributed by atoms with Crippen molar-refractivity contribution in [2.45, 2.75) is 13.0 Å². The van der Waals surface area contributed by atoms with E-state index in [0.717, 1.165) is 32.7 Å². The van der Waals surface area contributed by atoms with Crippen LogP contribution in [0.15, 0.2) is 0 Å². The maximum atomic E-state index is 11.3. The molecule has 1 unspecified atom stereocenters. The topological polar surface area (TPSA) is 101 Å². The first-order valence-corrected chi connectivity index (χ1v) is 6.46. The number of aromatic nitrogens is 2. The Balaban J connectivity index is 1.96. The molecule has 1 aromatic rings. The van der Waals surface area contributed by atoms with Gasteiger partial charge in [0.2, 0.25) is 0 Å². The van der Waals surface area contributed by atoms with Crippen molar-refractivity contribution in [2.24, 2.45) is 5.73 Å². The zero-order chi connectivity index (χ0) is 13.6. The molecule has 4 N–H and O–H groups in total. The summed E-state index contributed by atoms with van der Waals surface area (Å²) in [6.45, 7) is 6.94. The van der Waals surface area contributed by atoms with Crippen molar-refractivity contribution >= 4 is 11.7 Å². The van der Waals surface area contributed by atoms with Crippen molar-refractivity contribution in [3.05, 3.63) is 17.1 Å². The van der Waals surface area contributed by atoms with Gasteiger partial charge in [-0.25, -0.2) is 9.97 Å². The second-order valence-electron chi connectivity index (χ2n) is 5.14. The van der Waals surface area contributed by atoms with Crippen molar-refractivity contribution < 1.29 is 4.79 Å². The third-order valence-corrected chi connectivity index (χ3v) is 3.96. The van der Waals surface area contributed by atoms with Gasteiger partial charge in [0, 0.05) is 32.7 Å². The minimum absolute atomic E-state index is 0.172. The molecule has 3 fully saturated rings. The number of nitrogen functional groups attached to an aromatic ring is 1. The third-order valence-electron chi connectivity index (χ3n) is 3.96. The van der Waals surface area contributed by atoms with E-state index in [1.807, 2.05) is 0 Å². The van der Waals surface area contributed by atoms with Crippen LogP contribution in [0.25, 0.3) is 0 Å². The van der Waals surface area contributed by atoms with E-state index < -0.39 is 5.91 Å². The summed E-state index contributed by atoms with van der Waals surface area (Å²) in [5, 5.41) is 0. The lowest BCUT2D eigenvalue weighted by Crippen LogP contribution is -2.57. The Kier molecular flexibility index (Phi) is 2.87. The zero-order valence-corrected chi connectivity index (χ0v) is 11.0. The Bertz CT molecular complexity index is 500. The number of carbonyl (C=O) groups is 1. The van der Waals surface area contributed by atoms with Crippen LogP contribution >= 0.6 is 0 Å². The smallest absolute Gasteiger partial charge is 0.254 e. The predicted molar refractivity (Wildman–Crippen MR) is 70.5 cm³/mol. The molecule has 3 aliphatic heterocycles. The average Bonchev–Trinajstić information content (AvgIpc) is 2.38. The van der Waals surface area contributed by atoms with E-state index in [2.05, 4.69) is 19.8 Å². The molecule has 0 aliphatic carbocycles. The van der Waals surface area contributed by atoms with E-state index in [9.17, 15) is 4.79 Å². The molecule has 102 valence electrons. The lowest BCUT2D eigenvalue weighted by molar-refractivity contribution is 0.00863. The maximum absolute atomic E-state index is 11.3. The highest BCUT2D eigenvalue weighted by Gasteiger charge is 2.35. The largest absolute Gasteiger partial charge is 0.383 e. The first-order valence-electron chi connectivity index (χ1n) is 6.46. The minimum Gasteiger partial charge on any atom is -0.383 e. The van der Waals surface area contributed by atoms with Gasteiger partial charge in [0.15, 0.2) is 0 Å². The second-order valence-corrected chi connectivity index (χ2v) is 5.14. The molecule has 3 aliphatic rings. The van der Waals surface area contributed by atoms with Crippen molar-refractivity contribution in [3.8, 4) is 0 Å². The first-order chi connectivity index (χ1) is 9.06. The fourth-order valence-electron chi connectivity index (χ4n) is 2.93. The summed E-state index contributed by atoms with van der Waals surface area (Å²) < 4.78 is 0. The van der Waals surface area contributed by atoms with Crippen LogP contribution in [0.3, 0.4) is 0 Å². The number of hydrogen-bond donors (Lipinski definition) is 2. The number of amides is 1. The van der Waals surface area contributed by atoms with Gasteiger partial charge in [0.05, 0.1) is 11.7 Å². The number of carbonyl (C=O) groups excluding carboxylic acids is 1. The minimum atomic E-state index is -0.573. The van der Waals surface area contributed by atoms with Crippen LogP contribution in [0.4, 0.5) is 5.82 Å². The molecule has 1 amide bonds. The molecular formula is C12H18N6O. The van der Waals surface area contributed by atoms with Gasteiger partial charge in [-0.3, -0.25) is 14.6 Å². The molecule has 0 saturated carbocycles. The molecule has 7 heteroatoms. The number of primary amides is 1. The fraction of sp³-hybridized carbons (Fsp3) is 0.583. The van der Waals surface area contributed by atoms with Gasteiger partial charge in [-0.05, 0) is 6.92 Å². The maximum Gasteiger partial charge on any atom is 0.254 e. The third kappa shape index (κ3) is 2.04. The van der Waals surface area contributed by atoms with E-state index >= 15 is 0 Å². The summed E-state index contributed by atoms with van der Waals surface area (Å²) in [7, 11) is 0. The predicted octanol–water partition coefficient (Wildman–Crippen LogP) is -0.862. The molecule has 4 rings (SSSR count). The molecule has 2 bridgehead atoms. The van der Waals surface area contributed by atoms with Gasteiger partial charge in [-0.15, -0.1) is 0 Å². The molecular weight excluding hydrogens is 244 g/mol. The van der Waals surface area contributed by atoms with E-state index in [-0.39, 0.29) is 17.4 Å². The average molecular weight is 262 g/mol. The van der Waals surface area contributed by atoms with Crippen molar-refractivity contribution in [1.29, 1.82) is 0 Å². The lowest BCUT2D eigenvalue weighted by atomic mass is 10.1. The summed E-state index contributed by atoms with van der Waals surface area (Å²) in [4.78, 5) is 24.8. The molecule has 3 saturated heterocycles. The van der Waals surface area contributed by atoms with Crippen LogP contribution in [0.5, 0.6) is 0 Å². The van der Waals surface area contributed by atoms with Gasteiger partial charge in [-0.2, -0.15) is 0 Å². The van der Waals surface area contributed by atoms with Gasteiger partial charge < -0.3 is 11.5 Å². The normalized spacial score (nSPS) is 29.4. The molecule has 0 spiro atoms. The van der Waals surface area contributed by atoms with E-state index in [0.29, 0.717) is 11.5 Å². The Hall–Kier alpha value is -1.73. The van der Waals surface area contributed by atoms with Crippen molar-refractivity contribution in [2.75, 3.05) is 38.5 Å². The number of hydrogen-bond acceptors (Lipinski definition) is 6. The van der Waals surface area contributed by atoms with Crippen LogP contribution in [0.1, 0.15) is 27.9 Å². The molecule has 0 radical (unpaired) electrons. The summed E-state index contributed by atoms with van der Waals surface area (Å²) in [6, 6.07) is 0.172. The van der Waals surface area contributed by atoms with Crippen LogP contribution in [0.2, 0.25) is 0 Å². The highest BCUT2D eigenvalue weighted by molar-refractivity contribution is 5.98. The second kappa shape index (κ2) is 4.43. The molecule has 7 nitrogen and oxygen atoms in total. The van der Waals surface area contributed by atoms with Crippen LogP contribution in [0, 0.1) is 6.92 Å². The number of piperazine rings is 3. The monoisotopic (exact) mass is 262 g/mol. The number of fused-ring (bicyclic) bond motifs is 3. The Labute approximate surface area is 111 Å². The lowest BCUT2D eigenvalue weighted by Gasteiger charge is -2.46. The number of anilines is 1. The van der Waals surface area contributed by atoms with Gasteiger partial charge in [0.1, 0.15) is 17.2 Å². The SMILES string of the molecule is Cc1nc(C2CN3CCN2CC3)nc(N)c1C(N)=O. The quantitative estimate of drug-likeness (QED) is 0.719. The number of nitrogens with two attached hydrogens (primary N) is 2. The van der Waals surface area contributed by atoms with Crippen LogP contribution in [-0.4, -0.2) is 58.4 Å². The molecule has 1 atom stereocenters. The van der Waals surface area contributed by atoms with Gasteiger partial charge in [0.25, 0.3) is 5.91 Å². The molecule has 1 aromatic heterocycles. The van der Waals surface area contributed by atoms with Crippen LogP contribution in [-0.2, 0) is 0 Å². The molecule has 0 aromatic carbocycles. The van der Waals surface area contributed by atoms with E-state index in [1.165, 1.54) is 0 Å². The Morgan fingerprint density at radius 3 is 2.42 bits per heavy atom. The summed E-state index contributed by atoms with van der Waals surface area (Å²) in [5.74, 6) is 0.313. The Morgan fingerprint density at radius 2 is 1.95 bits per heavy atom. The number of aryl methyl sites for hydroxylation is 1. The van der Waals surface area contributed by atoms with Crippen molar-refractivity contribution in [3.63, 3.8) is 0 Å². The molecule has 4 heterocycles. The Morgan fingerprint density at radius 1 is 1.26 bits per heavy atom. The van der Waals surface area contributed by atoms with E-state index in [1.54, 1.807) is 6.92 Å². The highest BCUT2D eigenvalue weighted by atomic mass is 16.1. The van der Waals surface area contributed by atoms with Gasteiger partial charge >= 0.3 is 0 Å². The summed E-state index contributed by atoms with van der Waals surface area (Å²) in [5.41, 5.74) is 11.9. The summed E-state index contributed by atoms with van der Waals surface area (Å²) >= 11 is 0. The number of rotatable bonds is 2. The van der Waals surface area contributed by atoms with Gasteiger partial charge in [-0.1, -0.05) is 0 Å². The highest BCUT2D eigenvalue weighted by Crippen LogP contribution is 2.28. The standard InChI is InChI=1S/C12H18N6O/c1-7-9(11(14)19)10(13)16-12(15-7)8-6-17-2-4-18(8)5-3-17/h8H,2-6H2,1H3,(H2,14,19)(H2,13,15,16).